The van der Waals surface area contributed by atoms with Crippen molar-refractivity contribution in [2.24, 2.45) is 0 Å². The van der Waals surface area contributed by atoms with Gasteiger partial charge in [-0.2, -0.15) is 4.68 Å². The fourth-order valence-electron chi connectivity index (χ4n) is 3.57. The highest BCUT2D eigenvalue weighted by Crippen LogP contribution is 2.40. The van der Waals surface area contributed by atoms with Crippen LogP contribution in [0.4, 0.5) is 5.95 Å². The lowest BCUT2D eigenvalue weighted by Crippen LogP contribution is -3.14. The standard InChI is InChI=1S/C20H24N6O4S/c1-27-15-11-14(12-16(28-2)17(15)29-3)18-23-26(20(31)30-18)13-24-7-9-25(10-8-24)19-21-5-4-6-22-19/h4-6,11-12H,7-10,13H2,1-3H3/p+1. The number of aromatic nitrogens is 4. The van der Waals surface area contributed by atoms with Crippen molar-refractivity contribution in [3.63, 3.8) is 0 Å². The number of methoxy groups -OCH3 is 3. The zero-order chi connectivity index (χ0) is 21.8. The second-order valence-electron chi connectivity index (χ2n) is 7.03. The molecule has 1 saturated heterocycles. The van der Waals surface area contributed by atoms with Crippen molar-refractivity contribution in [3.8, 4) is 28.7 Å². The summed E-state index contributed by atoms with van der Waals surface area (Å²) in [6.07, 6.45) is 3.53. The van der Waals surface area contributed by atoms with Crippen LogP contribution in [0.3, 0.4) is 0 Å². The Balaban J connectivity index is 1.48. The Morgan fingerprint density at radius 2 is 1.68 bits per heavy atom. The molecule has 0 bridgehead atoms. The molecular formula is C20H25N6O4S+. The van der Waals surface area contributed by atoms with E-state index in [1.165, 1.54) is 4.90 Å². The molecule has 0 atom stereocenters. The molecule has 10 nitrogen and oxygen atoms in total. The Labute approximate surface area is 185 Å². The highest BCUT2D eigenvalue weighted by molar-refractivity contribution is 7.71. The van der Waals surface area contributed by atoms with Crippen LogP contribution >= 0.6 is 12.2 Å². The summed E-state index contributed by atoms with van der Waals surface area (Å²) >= 11 is 5.42. The molecule has 0 unspecified atom stereocenters. The number of rotatable bonds is 7. The van der Waals surface area contributed by atoms with E-state index in [4.69, 9.17) is 30.8 Å². The summed E-state index contributed by atoms with van der Waals surface area (Å²) in [6.45, 7) is 4.20. The minimum atomic E-state index is 0.324. The lowest BCUT2D eigenvalue weighted by molar-refractivity contribution is -0.924. The van der Waals surface area contributed by atoms with E-state index in [9.17, 15) is 0 Å². The van der Waals surface area contributed by atoms with E-state index in [0.29, 0.717) is 40.2 Å². The van der Waals surface area contributed by atoms with Crippen LogP contribution in [0.25, 0.3) is 11.5 Å². The summed E-state index contributed by atoms with van der Waals surface area (Å²) in [6, 6.07) is 5.40. The normalized spacial score (nSPS) is 14.5. The molecule has 2 aromatic heterocycles. The summed E-state index contributed by atoms with van der Waals surface area (Å²) in [4.78, 5) is 12.5. The molecule has 3 aromatic rings. The van der Waals surface area contributed by atoms with Crippen molar-refractivity contribution in [1.82, 2.24) is 19.7 Å². The van der Waals surface area contributed by atoms with E-state index in [0.717, 1.165) is 32.1 Å². The molecule has 1 aliphatic heterocycles. The van der Waals surface area contributed by atoms with Gasteiger partial charge in [0, 0.05) is 18.0 Å². The van der Waals surface area contributed by atoms with E-state index >= 15 is 0 Å². The van der Waals surface area contributed by atoms with Crippen LogP contribution in [-0.4, -0.2) is 67.3 Å². The zero-order valence-corrected chi connectivity index (χ0v) is 18.5. The van der Waals surface area contributed by atoms with Crippen LogP contribution in [0.1, 0.15) is 0 Å². The first-order chi connectivity index (χ1) is 15.1. The van der Waals surface area contributed by atoms with Gasteiger partial charge in [-0.05, 0) is 30.4 Å². The number of ether oxygens (including phenoxy) is 3. The molecule has 4 rings (SSSR count). The largest absolute Gasteiger partial charge is 0.493 e. The fourth-order valence-corrected chi connectivity index (χ4v) is 3.76. The number of quaternary nitrogens is 1. The third kappa shape index (κ3) is 4.47. The molecular weight excluding hydrogens is 420 g/mol. The number of anilines is 1. The third-order valence-corrected chi connectivity index (χ3v) is 5.49. The Morgan fingerprint density at radius 3 is 2.26 bits per heavy atom. The smallest absolute Gasteiger partial charge is 0.292 e. The van der Waals surface area contributed by atoms with Gasteiger partial charge >= 0.3 is 0 Å². The van der Waals surface area contributed by atoms with Gasteiger partial charge in [-0.15, -0.1) is 5.10 Å². The van der Waals surface area contributed by atoms with Gasteiger partial charge in [0.15, 0.2) is 18.2 Å². The maximum Gasteiger partial charge on any atom is 0.292 e. The molecule has 0 saturated carbocycles. The first kappa shape index (κ1) is 21.1. The van der Waals surface area contributed by atoms with Gasteiger partial charge in [0.1, 0.15) is 0 Å². The summed E-state index contributed by atoms with van der Waals surface area (Å²) in [5.41, 5.74) is 0.695. The summed E-state index contributed by atoms with van der Waals surface area (Å²) in [5, 5.41) is 4.59. The molecule has 164 valence electrons. The molecule has 31 heavy (non-hydrogen) atoms. The maximum absolute atomic E-state index is 5.78. The van der Waals surface area contributed by atoms with Crippen molar-refractivity contribution in [3.05, 3.63) is 35.4 Å². The lowest BCUT2D eigenvalue weighted by Gasteiger charge is -2.31. The first-order valence-corrected chi connectivity index (χ1v) is 10.3. The number of nitrogens with zero attached hydrogens (tertiary/aromatic N) is 5. The highest BCUT2D eigenvalue weighted by atomic mass is 32.1. The topological polar surface area (TPSA) is 92.1 Å². The van der Waals surface area contributed by atoms with Gasteiger partial charge < -0.3 is 28.4 Å². The Morgan fingerprint density at radius 1 is 1.03 bits per heavy atom. The zero-order valence-electron chi connectivity index (χ0n) is 17.7. The number of benzene rings is 1. The monoisotopic (exact) mass is 445 g/mol. The quantitative estimate of drug-likeness (QED) is 0.536. The molecule has 11 heteroatoms. The fraction of sp³-hybridized carbons (Fsp3) is 0.400. The average Bonchev–Trinajstić information content (AvgIpc) is 3.19. The predicted octanol–water partition coefficient (Wildman–Crippen LogP) is 1.05. The van der Waals surface area contributed by atoms with E-state index < -0.39 is 0 Å². The van der Waals surface area contributed by atoms with Crippen LogP contribution in [0, 0.1) is 4.84 Å². The maximum atomic E-state index is 5.78. The third-order valence-electron chi connectivity index (χ3n) is 5.20. The molecule has 0 aliphatic carbocycles. The molecule has 1 fully saturated rings. The van der Waals surface area contributed by atoms with Crippen molar-refractivity contribution < 1.29 is 23.5 Å². The molecule has 1 aliphatic rings. The van der Waals surface area contributed by atoms with Crippen molar-refractivity contribution in [2.45, 2.75) is 6.67 Å². The van der Waals surface area contributed by atoms with Gasteiger partial charge in [-0.3, -0.25) is 0 Å². The number of nitrogens with one attached hydrogen (secondary N) is 1. The van der Waals surface area contributed by atoms with E-state index in [1.54, 1.807) is 50.5 Å². The van der Waals surface area contributed by atoms with Gasteiger partial charge in [0.05, 0.1) is 47.5 Å². The number of hydrogen-bond acceptors (Lipinski definition) is 9. The lowest BCUT2D eigenvalue weighted by atomic mass is 10.2. The highest BCUT2D eigenvalue weighted by Gasteiger charge is 2.23. The minimum Gasteiger partial charge on any atom is -0.493 e. The van der Waals surface area contributed by atoms with Crippen molar-refractivity contribution >= 4 is 18.2 Å². The summed E-state index contributed by atoms with van der Waals surface area (Å²) < 4.78 is 23.7. The van der Waals surface area contributed by atoms with Gasteiger partial charge in [-0.25, -0.2) is 9.97 Å². The summed E-state index contributed by atoms with van der Waals surface area (Å²) in [7, 11) is 4.70. The molecule has 0 spiro atoms. The number of hydrogen-bond donors (Lipinski definition) is 1. The van der Waals surface area contributed by atoms with Crippen LogP contribution < -0.4 is 24.0 Å². The predicted molar refractivity (Wildman–Crippen MR) is 115 cm³/mol. The van der Waals surface area contributed by atoms with Crippen molar-refractivity contribution in [2.75, 3.05) is 52.4 Å². The summed E-state index contributed by atoms with van der Waals surface area (Å²) in [5.74, 6) is 2.73. The van der Waals surface area contributed by atoms with E-state index in [-0.39, 0.29) is 0 Å². The Bertz CT molecular complexity index is 1050. The molecule has 0 radical (unpaired) electrons. The van der Waals surface area contributed by atoms with Crippen LogP contribution in [0.2, 0.25) is 0 Å². The second kappa shape index (κ2) is 9.31. The number of piperazine rings is 1. The SMILES string of the molecule is COc1cc(-c2nn(C[NH+]3CCN(c4ncccn4)CC3)c(=S)o2)cc(OC)c1OC. The first-order valence-electron chi connectivity index (χ1n) is 9.86. The van der Waals surface area contributed by atoms with E-state index in [1.807, 2.05) is 6.07 Å². The van der Waals surface area contributed by atoms with Crippen molar-refractivity contribution in [1.29, 1.82) is 0 Å². The van der Waals surface area contributed by atoms with Gasteiger partial charge in [0.2, 0.25) is 17.6 Å². The Hall–Kier alpha value is -3.18. The molecule has 1 N–H and O–H groups in total. The van der Waals surface area contributed by atoms with Crippen LogP contribution in [0.5, 0.6) is 17.2 Å². The average molecular weight is 446 g/mol. The van der Waals surface area contributed by atoms with Gasteiger partial charge in [-0.1, -0.05) is 0 Å². The second-order valence-corrected chi connectivity index (χ2v) is 7.38. The Kier molecular flexibility index (Phi) is 6.33. The molecule has 3 heterocycles. The molecule has 1 aromatic carbocycles. The van der Waals surface area contributed by atoms with Crippen LogP contribution in [-0.2, 0) is 6.67 Å². The van der Waals surface area contributed by atoms with E-state index in [2.05, 4.69) is 20.0 Å². The van der Waals surface area contributed by atoms with Crippen LogP contribution in [0.15, 0.2) is 35.0 Å². The minimum absolute atomic E-state index is 0.324. The van der Waals surface area contributed by atoms with Gasteiger partial charge in [0.25, 0.3) is 4.84 Å². The molecule has 0 amide bonds.